The third kappa shape index (κ3) is 4.68. The van der Waals surface area contributed by atoms with E-state index in [0.717, 1.165) is 17.7 Å². The van der Waals surface area contributed by atoms with Crippen LogP contribution in [0.3, 0.4) is 0 Å². The highest BCUT2D eigenvalue weighted by Gasteiger charge is 2.26. The molecule has 0 fully saturated rings. The van der Waals surface area contributed by atoms with Gasteiger partial charge in [0.1, 0.15) is 6.04 Å². The molecule has 0 spiro atoms. The van der Waals surface area contributed by atoms with Gasteiger partial charge >= 0.3 is 0 Å². The molecule has 144 valence electrons. The maximum absolute atomic E-state index is 13.2. The first-order valence-corrected chi connectivity index (χ1v) is 9.39. The molecule has 2 aromatic carbocycles. The van der Waals surface area contributed by atoms with Crippen molar-refractivity contribution in [2.45, 2.75) is 26.1 Å². The van der Waals surface area contributed by atoms with Crippen LogP contribution in [0.2, 0.25) is 0 Å². The summed E-state index contributed by atoms with van der Waals surface area (Å²) in [6, 6.07) is 19.5. The fourth-order valence-corrected chi connectivity index (χ4v) is 3.09. The molecule has 0 aliphatic carbocycles. The summed E-state index contributed by atoms with van der Waals surface area (Å²) in [6.45, 7) is 3.44. The van der Waals surface area contributed by atoms with Gasteiger partial charge in [-0.15, -0.1) is 0 Å². The lowest BCUT2D eigenvalue weighted by atomic mass is 10.0. The molecule has 0 aliphatic rings. The van der Waals surface area contributed by atoms with Crippen LogP contribution in [0.5, 0.6) is 0 Å². The van der Waals surface area contributed by atoms with E-state index < -0.39 is 6.04 Å². The number of carbonyl (C=O) groups excluding carboxylic acids is 2. The van der Waals surface area contributed by atoms with Gasteiger partial charge in [0.15, 0.2) is 0 Å². The smallest absolute Gasteiger partial charge is 0.252 e. The van der Waals surface area contributed by atoms with Crippen molar-refractivity contribution in [3.05, 3.63) is 95.8 Å². The molecule has 1 atom stereocenters. The summed E-state index contributed by atoms with van der Waals surface area (Å²) in [5.74, 6) is -0.423. The predicted octanol–water partition coefficient (Wildman–Crippen LogP) is 3.64. The zero-order valence-electron chi connectivity index (χ0n) is 16.2. The molecule has 0 radical (unpaired) electrons. The van der Waals surface area contributed by atoms with Gasteiger partial charge in [-0.05, 0) is 36.2 Å². The highest BCUT2D eigenvalue weighted by molar-refractivity contribution is 5.97. The lowest BCUT2D eigenvalue weighted by Gasteiger charge is -2.25. The van der Waals surface area contributed by atoms with Crippen LogP contribution in [0.25, 0.3) is 0 Å². The highest BCUT2D eigenvalue weighted by atomic mass is 16.2. The lowest BCUT2D eigenvalue weighted by molar-refractivity contribution is -0.132. The van der Waals surface area contributed by atoms with Crippen molar-refractivity contribution in [1.29, 1.82) is 0 Å². The van der Waals surface area contributed by atoms with E-state index >= 15 is 0 Å². The molecule has 0 bridgehead atoms. The number of aryl methyl sites for hydroxylation is 1. The Balaban J connectivity index is 1.79. The van der Waals surface area contributed by atoms with E-state index in [2.05, 4.69) is 16.8 Å². The van der Waals surface area contributed by atoms with Gasteiger partial charge in [-0.1, -0.05) is 48.5 Å². The summed E-state index contributed by atoms with van der Waals surface area (Å²) < 4.78 is 2.07. The molecule has 0 saturated carbocycles. The minimum absolute atomic E-state index is 0.153. The van der Waals surface area contributed by atoms with Gasteiger partial charge in [-0.25, -0.2) is 0 Å². The van der Waals surface area contributed by atoms with Crippen molar-refractivity contribution in [3.8, 4) is 0 Å². The molecule has 0 unspecified atom stereocenters. The van der Waals surface area contributed by atoms with Crippen LogP contribution in [0.4, 0.5) is 0 Å². The number of benzene rings is 2. The number of nitrogens with one attached hydrogen (secondary N) is 1. The van der Waals surface area contributed by atoms with Crippen molar-refractivity contribution in [1.82, 2.24) is 14.8 Å². The molecular weight excluding hydrogens is 350 g/mol. The number of likely N-dealkylation sites (N-methyl/N-ethyl adjacent to an activating group) is 1. The summed E-state index contributed by atoms with van der Waals surface area (Å²) in [6.07, 6.45) is 4.03. The lowest BCUT2D eigenvalue weighted by Crippen LogP contribution is -2.41. The first-order valence-electron chi connectivity index (χ1n) is 9.39. The minimum atomic E-state index is -0.743. The molecule has 3 rings (SSSR count). The van der Waals surface area contributed by atoms with Gasteiger partial charge in [0, 0.05) is 38.1 Å². The Morgan fingerprint density at radius 1 is 1.00 bits per heavy atom. The number of nitrogens with zero attached hydrogens (tertiary/aromatic N) is 2. The van der Waals surface area contributed by atoms with Gasteiger partial charge in [-0.3, -0.25) is 9.59 Å². The summed E-state index contributed by atoms with van der Waals surface area (Å²) in [4.78, 5) is 27.5. The monoisotopic (exact) mass is 375 g/mol. The normalized spacial score (nSPS) is 11.6. The number of rotatable bonds is 7. The summed E-state index contributed by atoms with van der Waals surface area (Å²) in [5, 5.41) is 2.90. The Morgan fingerprint density at radius 3 is 2.25 bits per heavy atom. The maximum Gasteiger partial charge on any atom is 0.252 e. The van der Waals surface area contributed by atoms with Crippen LogP contribution in [0, 0.1) is 0 Å². The predicted molar refractivity (Wildman–Crippen MR) is 110 cm³/mol. The summed E-state index contributed by atoms with van der Waals surface area (Å²) in [5.41, 5.74) is 2.34. The third-order valence-corrected chi connectivity index (χ3v) is 4.66. The number of amides is 2. The van der Waals surface area contributed by atoms with Crippen LogP contribution >= 0.6 is 0 Å². The fourth-order valence-electron chi connectivity index (χ4n) is 3.09. The van der Waals surface area contributed by atoms with E-state index in [1.54, 1.807) is 36.2 Å². The van der Waals surface area contributed by atoms with Crippen LogP contribution in [0.1, 0.15) is 34.5 Å². The molecule has 0 aliphatic heterocycles. The van der Waals surface area contributed by atoms with Crippen molar-refractivity contribution < 1.29 is 9.59 Å². The quantitative estimate of drug-likeness (QED) is 0.685. The van der Waals surface area contributed by atoms with Gasteiger partial charge in [-0.2, -0.15) is 0 Å². The molecule has 2 amide bonds. The van der Waals surface area contributed by atoms with E-state index in [4.69, 9.17) is 0 Å². The second-order valence-corrected chi connectivity index (χ2v) is 6.73. The molecule has 5 nitrogen and oxygen atoms in total. The largest absolute Gasteiger partial charge is 0.354 e. The third-order valence-electron chi connectivity index (χ3n) is 4.66. The van der Waals surface area contributed by atoms with Crippen LogP contribution < -0.4 is 5.32 Å². The molecule has 1 heterocycles. The van der Waals surface area contributed by atoms with E-state index in [1.807, 2.05) is 54.9 Å². The van der Waals surface area contributed by atoms with Crippen molar-refractivity contribution >= 4 is 11.8 Å². The van der Waals surface area contributed by atoms with Crippen molar-refractivity contribution in [3.63, 3.8) is 0 Å². The SMILES string of the molecule is CCn1ccc(CN(C)C(=O)[C@@H](NC(=O)c2ccccc2)c2ccccc2)c1. The topological polar surface area (TPSA) is 54.3 Å². The van der Waals surface area contributed by atoms with Crippen molar-refractivity contribution in [2.75, 3.05) is 7.05 Å². The molecule has 3 aromatic rings. The fraction of sp³-hybridized carbons (Fsp3) is 0.217. The highest BCUT2D eigenvalue weighted by Crippen LogP contribution is 2.18. The molecule has 0 saturated heterocycles. The first kappa shape index (κ1) is 19.4. The molecule has 28 heavy (non-hydrogen) atoms. The second kappa shape index (κ2) is 9.04. The number of aromatic nitrogens is 1. The number of carbonyl (C=O) groups is 2. The molecule has 1 N–H and O–H groups in total. The van der Waals surface area contributed by atoms with E-state index in [9.17, 15) is 9.59 Å². The van der Waals surface area contributed by atoms with E-state index in [-0.39, 0.29) is 11.8 Å². The van der Waals surface area contributed by atoms with Crippen LogP contribution in [-0.2, 0) is 17.9 Å². The van der Waals surface area contributed by atoms with Crippen molar-refractivity contribution in [2.24, 2.45) is 0 Å². The first-order chi connectivity index (χ1) is 13.6. The summed E-state index contributed by atoms with van der Waals surface area (Å²) in [7, 11) is 1.76. The molecular formula is C23H25N3O2. The summed E-state index contributed by atoms with van der Waals surface area (Å²) >= 11 is 0. The Bertz CT molecular complexity index is 919. The Morgan fingerprint density at radius 2 is 1.64 bits per heavy atom. The second-order valence-electron chi connectivity index (χ2n) is 6.73. The number of hydrogen-bond donors (Lipinski definition) is 1. The molecule has 5 heteroatoms. The van der Waals surface area contributed by atoms with E-state index in [0.29, 0.717) is 12.1 Å². The van der Waals surface area contributed by atoms with Crippen LogP contribution in [0.15, 0.2) is 79.1 Å². The average molecular weight is 375 g/mol. The maximum atomic E-state index is 13.2. The zero-order valence-corrected chi connectivity index (χ0v) is 16.2. The van der Waals surface area contributed by atoms with E-state index in [1.165, 1.54) is 0 Å². The standard InChI is InChI=1S/C23H25N3O2/c1-3-26-15-14-18(17-26)16-25(2)23(28)21(19-10-6-4-7-11-19)24-22(27)20-12-8-5-9-13-20/h4-15,17,21H,3,16H2,1-2H3,(H,24,27)/t21-/m0/s1. The Hall–Kier alpha value is -3.34. The Kier molecular flexibility index (Phi) is 6.27. The van der Waals surface area contributed by atoms with Gasteiger partial charge in [0.05, 0.1) is 0 Å². The zero-order chi connectivity index (χ0) is 19.9. The van der Waals surface area contributed by atoms with Gasteiger partial charge < -0.3 is 14.8 Å². The number of hydrogen-bond acceptors (Lipinski definition) is 2. The average Bonchev–Trinajstić information content (AvgIpc) is 3.20. The minimum Gasteiger partial charge on any atom is -0.354 e. The van der Waals surface area contributed by atoms with Gasteiger partial charge in [0.2, 0.25) is 5.91 Å². The van der Waals surface area contributed by atoms with Crippen LogP contribution in [-0.4, -0.2) is 28.3 Å². The molecule has 1 aromatic heterocycles. The Labute approximate surface area is 165 Å². The van der Waals surface area contributed by atoms with Gasteiger partial charge in [0.25, 0.3) is 5.91 Å².